The maximum Gasteiger partial charge on any atom is 0.164 e. The van der Waals surface area contributed by atoms with Crippen LogP contribution in [-0.2, 0) is 5.41 Å². The fourth-order valence-electron chi connectivity index (χ4n) is 10.5. The molecular weight excluding hydrogens is 729 g/mol. The van der Waals surface area contributed by atoms with Crippen LogP contribution in [0, 0.1) is 0 Å². The number of hydrogen-bond donors (Lipinski definition) is 0. The summed E-state index contributed by atoms with van der Waals surface area (Å²) in [5, 5.41) is 5.01. The molecule has 0 fully saturated rings. The van der Waals surface area contributed by atoms with Gasteiger partial charge in [-0.25, -0.2) is 15.0 Å². The zero-order valence-electron chi connectivity index (χ0n) is 32.4. The second-order valence-corrected chi connectivity index (χ2v) is 15.8. The Labute approximate surface area is 346 Å². The standard InChI is InChI=1S/C56H34N4/c1-3-18-35(19-4-1)53-57-54(36-20-5-2-6-21-36)59-55(58-53)37-22-17-23-38(34-37)60-48-33-16-12-29-44(48)50-42-27-8-7-26-41(42)49-43-28-11-15-32-47(43)56(51(49)52(50)60)45-30-13-9-24-39(45)40-25-10-14-31-46(40)56/h1-34H. The van der Waals surface area contributed by atoms with E-state index in [1.165, 1.54) is 71.6 Å². The molecule has 0 atom stereocenters. The molecule has 278 valence electrons. The smallest absolute Gasteiger partial charge is 0.164 e. The lowest BCUT2D eigenvalue weighted by molar-refractivity contribution is 0.797. The highest BCUT2D eigenvalue weighted by molar-refractivity contribution is 6.27. The van der Waals surface area contributed by atoms with Crippen molar-refractivity contribution in [3.63, 3.8) is 0 Å². The van der Waals surface area contributed by atoms with Gasteiger partial charge in [0.25, 0.3) is 0 Å². The van der Waals surface area contributed by atoms with Crippen molar-refractivity contribution in [3.05, 3.63) is 229 Å². The zero-order valence-corrected chi connectivity index (χ0v) is 32.4. The van der Waals surface area contributed by atoms with E-state index < -0.39 is 5.41 Å². The fraction of sp³-hybridized carbons (Fsp3) is 0.0179. The first kappa shape index (κ1) is 33.1. The first-order valence-electron chi connectivity index (χ1n) is 20.5. The van der Waals surface area contributed by atoms with Crippen molar-refractivity contribution >= 4 is 32.6 Å². The predicted octanol–water partition coefficient (Wildman–Crippen LogP) is 13.5. The summed E-state index contributed by atoms with van der Waals surface area (Å²) in [6.07, 6.45) is 0. The first-order valence-corrected chi connectivity index (χ1v) is 20.5. The Bertz CT molecular complexity index is 3440. The third kappa shape index (κ3) is 4.42. The Kier molecular flexibility index (Phi) is 6.90. The average molecular weight is 763 g/mol. The van der Waals surface area contributed by atoms with Crippen molar-refractivity contribution in [3.8, 4) is 62.1 Å². The SMILES string of the molecule is c1ccc(-c2nc(-c3ccccc3)nc(-c3cccc(-n4c5ccccc5c5c6ccccc6c6c(c54)C4(c5ccccc5-c5ccccc54)c4ccccc4-6)c3)n2)cc1. The minimum absolute atomic E-state index is 0.547. The number of aromatic nitrogens is 4. The topological polar surface area (TPSA) is 43.6 Å². The van der Waals surface area contributed by atoms with E-state index in [2.05, 4.69) is 174 Å². The van der Waals surface area contributed by atoms with Gasteiger partial charge in [0.1, 0.15) is 0 Å². The van der Waals surface area contributed by atoms with Crippen LogP contribution in [0.3, 0.4) is 0 Å². The summed E-state index contributed by atoms with van der Waals surface area (Å²) in [5.74, 6) is 1.91. The molecule has 2 aliphatic rings. The van der Waals surface area contributed by atoms with Gasteiger partial charge in [-0.3, -0.25) is 0 Å². The monoisotopic (exact) mass is 762 g/mol. The minimum atomic E-state index is -0.547. The second-order valence-electron chi connectivity index (χ2n) is 15.8. The number of para-hydroxylation sites is 1. The van der Waals surface area contributed by atoms with Crippen molar-refractivity contribution in [1.29, 1.82) is 0 Å². The van der Waals surface area contributed by atoms with E-state index in [4.69, 9.17) is 15.0 Å². The van der Waals surface area contributed by atoms with Crippen LogP contribution in [0.5, 0.6) is 0 Å². The summed E-state index contributed by atoms with van der Waals surface area (Å²) in [6, 6.07) is 74.4. The van der Waals surface area contributed by atoms with Gasteiger partial charge in [-0.1, -0.05) is 188 Å². The summed E-state index contributed by atoms with van der Waals surface area (Å²) in [5.41, 5.74) is 16.2. The Morgan fingerprint density at radius 2 is 0.833 bits per heavy atom. The van der Waals surface area contributed by atoms with Crippen LogP contribution in [0.25, 0.3) is 94.7 Å². The van der Waals surface area contributed by atoms with E-state index in [0.717, 1.165) is 27.9 Å². The normalized spacial score (nSPS) is 13.1. The highest BCUT2D eigenvalue weighted by Crippen LogP contribution is 2.66. The van der Waals surface area contributed by atoms with E-state index >= 15 is 0 Å². The van der Waals surface area contributed by atoms with Crippen LogP contribution in [0.2, 0.25) is 0 Å². The number of nitrogens with zero attached hydrogens (tertiary/aromatic N) is 4. The molecule has 2 aromatic heterocycles. The van der Waals surface area contributed by atoms with Gasteiger partial charge in [0.2, 0.25) is 0 Å². The van der Waals surface area contributed by atoms with Gasteiger partial charge in [0, 0.05) is 38.7 Å². The summed E-state index contributed by atoms with van der Waals surface area (Å²) in [6.45, 7) is 0. The van der Waals surface area contributed by atoms with Crippen LogP contribution in [0.1, 0.15) is 22.3 Å². The van der Waals surface area contributed by atoms with Gasteiger partial charge < -0.3 is 4.57 Å². The summed E-state index contributed by atoms with van der Waals surface area (Å²) in [7, 11) is 0. The summed E-state index contributed by atoms with van der Waals surface area (Å²) < 4.78 is 2.52. The molecule has 4 heteroatoms. The van der Waals surface area contributed by atoms with Gasteiger partial charge >= 0.3 is 0 Å². The lowest BCUT2D eigenvalue weighted by Gasteiger charge is -2.31. The minimum Gasteiger partial charge on any atom is -0.309 e. The number of hydrogen-bond acceptors (Lipinski definition) is 3. The molecule has 0 aliphatic heterocycles. The Balaban J connectivity index is 1.17. The molecule has 0 N–H and O–H groups in total. The molecule has 9 aromatic carbocycles. The van der Waals surface area contributed by atoms with Crippen LogP contribution >= 0.6 is 0 Å². The van der Waals surface area contributed by atoms with E-state index in [0.29, 0.717) is 17.5 Å². The molecule has 0 unspecified atom stereocenters. The Hall–Kier alpha value is -7.95. The molecule has 0 amide bonds. The molecule has 60 heavy (non-hydrogen) atoms. The molecule has 0 radical (unpaired) electrons. The van der Waals surface area contributed by atoms with Crippen molar-refractivity contribution in [2.24, 2.45) is 0 Å². The Morgan fingerprint density at radius 3 is 1.47 bits per heavy atom. The fourth-order valence-corrected chi connectivity index (χ4v) is 10.5. The lowest BCUT2D eigenvalue weighted by Crippen LogP contribution is -2.26. The van der Waals surface area contributed by atoms with Crippen LogP contribution < -0.4 is 0 Å². The molecule has 0 bridgehead atoms. The summed E-state index contributed by atoms with van der Waals surface area (Å²) in [4.78, 5) is 15.3. The van der Waals surface area contributed by atoms with Crippen molar-refractivity contribution in [2.75, 3.05) is 0 Å². The van der Waals surface area contributed by atoms with Gasteiger partial charge in [-0.05, 0) is 67.9 Å². The lowest BCUT2D eigenvalue weighted by atomic mass is 9.70. The van der Waals surface area contributed by atoms with E-state index in [-0.39, 0.29) is 0 Å². The largest absolute Gasteiger partial charge is 0.309 e. The van der Waals surface area contributed by atoms with E-state index in [1.807, 2.05) is 36.4 Å². The summed E-state index contributed by atoms with van der Waals surface area (Å²) >= 11 is 0. The molecule has 1 spiro atoms. The molecule has 0 saturated heterocycles. The van der Waals surface area contributed by atoms with Gasteiger partial charge in [-0.2, -0.15) is 0 Å². The third-order valence-corrected chi connectivity index (χ3v) is 12.8. The molecule has 0 saturated carbocycles. The molecule has 4 nitrogen and oxygen atoms in total. The molecule has 2 aliphatic carbocycles. The van der Waals surface area contributed by atoms with Crippen molar-refractivity contribution in [1.82, 2.24) is 19.5 Å². The third-order valence-electron chi connectivity index (χ3n) is 12.8. The molecule has 13 rings (SSSR count). The van der Waals surface area contributed by atoms with Crippen molar-refractivity contribution < 1.29 is 0 Å². The van der Waals surface area contributed by atoms with Gasteiger partial charge in [0.05, 0.1) is 16.4 Å². The van der Waals surface area contributed by atoms with Crippen molar-refractivity contribution in [2.45, 2.75) is 5.41 Å². The predicted molar refractivity (Wildman–Crippen MR) is 244 cm³/mol. The number of fused-ring (bicyclic) bond motifs is 17. The molecule has 2 heterocycles. The maximum absolute atomic E-state index is 5.15. The highest BCUT2D eigenvalue weighted by atomic mass is 15.0. The Morgan fingerprint density at radius 1 is 0.367 bits per heavy atom. The second kappa shape index (κ2) is 12.5. The van der Waals surface area contributed by atoms with Gasteiger partial charge in [0.15, 0.2) is 17.5 Å². The average Bonchev–Trinajstić information content (AvgIpc) is 3.95. The van der Waals surface area contributed by atoms with Crippen LogP contribution in [-0.4, -0.2) is 19.5 Å². The highest BCUT2D eigenvalue weighted by Gasteiger charge is 2.53. The quantitative estimate of drug-likeness (QED) is 0.179. The van der Waals surface area contributed by atoms with Crippen LogP contribution in [0.15, 0.2) is 206 Å². The van der Waals surface area contributed by atoms with Gasteiger partial charge in [-0.15, -0.1) is 0 Å². The molecule has 11 aromatic rings. The maximum atomic E-state index is 5.15. The van der Waals surface area contributed by atoms with Crippen LogP contribution in [0.4, 0.5) is 0 Å². The number of rotatable bonds is 4. The number of benzene rings is 9. The van der Waals surface area contributed by atoms with E-state index in [9.17, 15) is 0 Å². The zero-order chi connectivity index (χ0) is 39.4. The molecular formula is C56H34N4. The van der Waals surface area contributed by atoms with E-state index in [1.54, 1.807) is 0 Å². The first-order chi connectivity index (χ1) is 29.8.